The van der Waals surface area contributed by atoms with E-state index in [1.54, 1.807) is 0 Å². The number of nitrogens with zero attached hydrogens (tertiary/aromatic N) is 2. The molecule has 1 aromatic rings. The van der Waals surface area contributed by atoms with Gasteiger partial charge in [-0.15, -0.1) is 0 Å². The molecule has 0 aromatic carbocycles. The fourth-order valence-corrected chi connectivity index (χ4v) is 1.49. The van der Waals surface area contributed by atoms with Gasteiger partial charge in [-0.2, -0.15) is 0 Å². The van der Waals surface area contributed by atoms with Crippen LogP contribution in [-0.2, 0) is 13.0 Å². The molecule has 0 saturated heterocycles. The summed E-state index contributed by atoms with van der Waals surface area (Å²) in [5.74, 6) is 0.956. The Bertz CT molecular complexity index is 318. The summed E-state index contributed by atoms with van der Waals surface area (Å²) in [6, 6.07) is 2.81. The van der Waals surface area contributed by atoms with Crippen LogP contribution in [0, 0.1) is 6.92 Å². The molecule has 0 amide bonds. The average Bonchev–Trinajstić information content (AvgIpc) is 2.97. The molecule has 0 radical (unpaired) electrons. The number of rotatable bonds is 4. The lowest BCUT2D eigenvalue weighted by Crippen LogP contribution is -2.17. The molecule has 1 fully saturated rings. The molecule has 0 bridgehead atoms. The van der Waals surface area contributed by atoms with Crippen LogP contribution in [0.25, 0.3) is 0 Å². The molecular formula is C11H17N3. The zero-order chi connectivity index (χ0) is 9.97. The van der Waals surface area contributed by atoms with Crippen molar-refractivity contribution in [2.75, 3.05) is 0 Å². The van der Waals surface area contributed by atoms with E-state index in [0.29, 0.717) is 0 Å². The first-order chi connectivity index (χ1) is 6.78. The van der Waals surface area contributed by atoms with Crippen LogP contribution in [0.3, 0.4) is 0 Å². The van der Waals surface area contributed by atoms with E-state index >= 15 is 0 Å². The van der Waals surface area contributed by atoms with Gasteiger partial charge in [0.2, 0.25) is 0 Å². The van der Waals surface area contributed by atoms with Crippen molar-refractivity contribution >= 4 is 0 Å². The van der Waals surface area contributed by atoms with E-state index in [-0.39, 0.29) is 0 Å². The van der Waals surface area contributed by atoms with Crippen LogP contribution in [0.2, 0.25) is 0 Å². The fraction of sp³-hybridized carbons (Fsp3) is 0.636. The molecule has 1 aromatic heterocycles. The van der Waals surface area contributed by atoms with Crippen molar-refractivity contribution in [1.82, 2.24) is 15.3 Å². The Morgan fingerprint density at radius 2 is 2.21 bits per heavy atom. The monoisotopic (exact) mass is 191 g/mol. The third kappa shape index (κ3) is 2.51. The van der Waals surface area contributed by atoms with Gasteiger partial charge in [-0.1, -0.05) is 6.92 Å². The molecule has 1 heterocycles. The van der Waals surface area contributed by atoms with Crippen LogP contribution in [-0.4, -0.2) is 16.0 Å². The molecule has 2 rings (SSSR count). The summed E-state index contributed by atoms with van der Waals surface area (Å²) in [6.07, 6.45) is 3.56. The second-order valence-corrected chi connectivity index (χ2v) is 3.93. The van der Waals surface area contributed by atoms with Crippen molar-refractivity contribution in [3.8, 4) is 0 Å². The Balaban J connectivity index is 2.03. The number of aromatic nitrogens is 2. The molecule has 0 atom stereocenters. The molecule has 3 nitrogen and oxygen atoms in total. The number of hydrogen-bond donors (Lipinski definition) is 1. The van der Waals surface area contributed by atoms with E-state index in [4.69, 9.17) is 0 Å². The van der Waals surface area contributed by atoms with Gasteiger partial charge in [0.15, 0.2) is 0 Å². The Labute approximate surface area is 85.0 Å². The maximum atomic E-state index is 4.48. The van der Waals surface area contributed by atoms with Gasteiger partial charge < -0.3 is 5.32 Å². The van der Waals surface area contributed by atoms with Crippen molar-refractivity contribution in [1.29, 1.82) is 0 Å². The SMILES string of the molecule is CCc1nc(C)cc(CNC2CC2)n1. The topological polar surface area (TPSA) is 37.8 Å². The quantitative estimate of drug-likeness (QED) is 0.785. The molecule has 1 N–H and O–H groups in total. The van der Waals surface area contributed by atoms with Crippen LogP contribution in [0.4, 0.5) is 0 Å². The summed E-state index contributed by atoms with van der Waals surface area (Å²) < 4.78 is 0. The molecule has 0 unspecified atom stereocenters. The Morgan fingerprint density at radius 1 is 1.43 bits per heavy atom. The molecule has 1 aliphatic carbocycles. The lowest BCUT2D eigenvalue weighted by Gasteiger charge is -2.05. The highest BCUT2D eigenvalue weighted by Crippen LogP contribution is 2.19. The summed E-state index contributed by atoms with van der Waals surface area (Å²) in [6.45, 7) is 5.01. The minimum absolute atomic E-state index is 0.746. The molecule has 76 valence electrons. The fourth-order valence-electron chi connectivity index (χ4n) is 1.49. The van der Waals surface area contributed by atoms with Gasteiger partial charge in [0, 0.05) is 24.7 Å². The normalized spacial score (nSPS) is 15.9. The van der Waals surface area contributed by atoms with Gasteiger partial charge in [-0.3, -0.25) is 0 Å². The Hall–Kier alpha value is -0.960. The maximum Gasteiger partial charge on any atom is 0.128 e. The van der Waals surface area contributed by atoms with Crippen molar-refractivity contribution < 1.29 is 0 Å². The summed E-state index contributed by atoms with van der Waals surface area (Å²) in [5.41, 5.74) is 2.20. The molecule has 1 saturated carbocycles. The van der Waals surface area contributed by atoms with Crippen LogP contribution in [0.5, 0.6) is 0 Å². The van der Waals surface area contributed by atoms with Gasteiger partial charge in [-0.05, 0) is 25.8 Å². The van der Waals surface area contributed by atoms with Gasteiger partial charge >= 0.3 is 0 Å². The summed E-state index contributed by atoms with van der Waals surface area (Å²) in [7, 11) is 0. The predicted molar refractivity (Wildman–Crippen MR) is 56.0 cm³/mol. The highest BCUT2D eigenvalue weighted by molar-refractivity contribution is 5.10. The first kappa shape index (κ1) is 9.59. The van der Waals surface area contributed by atoms with Gasteiger partial charge in [0.25, 0.3) is 0 Å². The third-order valence-electron chi connectivity index (χ3n) is 2.42. The predicted octanol–water partition coefficient (Wildman–Crippen LogP) is 1.60. The van der Waals surface area contributed by atoms with Crippen molar-refractivity contribution in [3.63, 3.8) is 0 Å². The minimum atomic E-state index is 0.746. The second kappa shape index (κ2) is 4.05. The van der Waals surface area contributed by atoms with E-state index in [1.165, 1.54) is 12.8 Å². The highest BCUT2D eigenvalue weighted by Gasteiger charge is 2.20. The van der Waals surface area contributed by atoms with E-state index in [0.717, 1.165) is 36.2 Å². The highest BCUT2D eigenvalue weighted by atomic mass is 15.0. The number of aryl methyl sites for hydroxylation is 2. The Kier molecular flexibility index (Phi) is 2.77. The smallest absolute Gasteiger partial charge is 0.128 e. The number of hydrogen-bond acceptors (Lipinski definition) is 3. The van der Waals surface area contributed by atoms with Crippen molar-refractivity contribution in [2.45, 2.75) is 45.7 Å². The van der Waals surface area contributed by atoms with Crippen LogP contribution in [0.1, 0.15) is 37.0 Å². The second-order valence-electron chi connectivity index (χ2n) is 3.93. The molecular weight excluding hydrogens is 174 g/mol. The average molecular weight is 191 g/mol. The lowest BCUT2D eigenvalue weighted by molar-refractivity contribution is 0.666. The number of nitrogens with one attached hydrogen (secondary N) is 1. The molecule has 1 aliphatic rings. The zero-order valence-corrected chi connectivity index (χ0v) is 8.88. The minimum Gasteiger partial charge on any atom is -0.308 e. The van der Waals surface area contributed by atoms with E-state index < -0.39 is 0 Å². The molecule has 0 spiro atoms. The van der Waals surface area contributed by atoms with Crippen molar-refractivity contribution in [3.05, 3.63) is 23.3 Å². The Morgan fingerprint density at radius 3 is 2.86 bits per heavy atom. The first-order valence-corrected chi connectivity index (χ1v) is 5.34. The molecule has 14 heavy (non-hydrogen) atoms. The summed E-state index contributed by atoms with van der Waals surface area (Å²) in [5, 5.41) is 3.46. The van der Waals surface area contributed by atoms with E-state index in [1.807, 2.05) is 6.92 Å². The van der Waals surface area contributed by atoms with E-state index in [2.05, 4.69) is 28.3 Å². The van der Waals surface area contributed by atoms with E-state index in [9.17, 15) is 0 Å². The van der Waals surface area contributed by atoms with Gasteiger partial charge in [0.1, 0.15) is 5.82 Å². The molecule has 0 aliphatic heterocycles. The zero-order valence-electron chi connectivity index (χ0n) is 8.88. The standard InChI is InChI=1S/C11H17N3/c1-3-11-13-8(2)6-10(14-11)7-12-9-4-5-9/h6,9,12H,3-5,7H2,1-2H3. The third-order valence-corrected chi connectivity index (χ3v) is 2.42. The van der Waals surface area contributed by atoms with Crippen LogP contribution in [0.15, 0.2) is 6.07 Å². The molecule has 3 heteroatoms. The summed E-state index contributed by atoms with van der Waals surface area (Å²) >= 11 is 0. The van der Waals surface area contributed by atoms with Crippen LogP contribution < -0.4 is 5.32 Å². The summed E-state index contributed by atoms with van der Waals surface area (Å²) in [4.78, 5) is 8.83. The maximum absolute atomic E-state index is 4.48. The lowest BCUT2D eigenvalue weighted by atomic mass is 10.3. The van der Waals surface area contributed by atoms with Gasteiger partial charge in [0.05, 0.1) is 5.69 Å². The largest absolute Gasteiger partial charge is 0.308 e. The first-order valence-electron chi connectivity index (χ1n) is 5.34. The van der Waals surface area contributed by atoms with Gasteiger partial charge in [-0.25, -0.2) is 9.97 Å². The van der Waals surface area contributed by atoms with Crippen molar-refractivity contribution in [2.24, 2.45) is 0 Å². The van der Waals surface area contributed by atoms with Crippen LogP contribution >= 0.6 is 0 Å².